The number of hydrogen-bond acceptors (Lipinski definition) is 7. The lowest BCUT2D eigenvalue weighted by atomic mass is 10.3. The molecule has 8 nitrogen and oxygen atoms in total. The maximum Gasteiger partial charge on any atom is 0.322 e. The zero-order valence-corrected chi connectivity index (χ0v) is 12.1. The van der Waals surface area contributed by atoms with Gasteiger partial charge in [0.05, 0.1) is 6.54 Å². The largest absolute Gasteiger partial charge is 0.408 e. The molecule has 112 valence electrons. The van der Waals surface area contributed by atoms with Crippen molar-refractivity contribution in [2.24, 2.45) is 0 Å². The Morgan fingerprint density at radius 2 is 2.20 bits per heavy atom. The van der Waals surface area contributed by atoms with Crippen LogP contribution < -0.4 is 10.6 Å². The number of carbonyl (C=O) groups excluding carboxylic acids is 1. The average molecular weight is 282 g/mol. The van der Waals surface area contributed by atoms with Crippen molar-refractivity contribution in [2.45, 2.75) is 6.92 Å². The highest BCUT2D eigenvalue weighted by Crippen LogP contribution is 2.03. The molecule has 0 atom stereocenters. The molecular formula is C12H22N6O2. The molecule has 2 heterocycles. The number of likely N-dealkylation sites (N-methyl/N-ethyl adjacent to an activating group) is 1. The minimum Gasteiger partial charge on any atom is -0.408 e. The van der Waals surface area contributed by atoms with E-state index < -0.39 is 0 Å². The first-order valence-corrected chi connectivity index (χ1v) is 6.85. The molecule has 2 rings (SSSR count). The van der Waals surface area contributed by atoms with Crippen LogP contribution in [0.2, 0.25) is 0 Å². The summed E-state index contributed by atoms with van der Waals surface area (Å²) in [5.74, 6) is 0.295. The number of amides is 1. The maximum atomic E-state index is 11.8. The Morgan fingerprint density at radius 3 is 2.85 bits per heavy atom. The van der Waals surface area contributed by atoms with E-state index in [-0.39, 0.29) is 11.9 Å². The Bertz CT molecular complexity index is 429. The predicted molar refractivity (Wildman–Crippen MR) is 74.5 cm³/mol. The summed E-state index contributed by atoms with van der Waals surface area (Å²) in [7, 11) is 1.93. The standard InChI is InChI=1S/C12H22N6O2/c1-10-15-16-12(20-10)14-11(19)9-17(2)7-8-18-5-3-13-4-6-18/h13H,3-9H2,1-2H3,(H,14,16,19). The van der Waals surface area contributed by atoms with Gasteiger partial charge in [0.25, 0.3) is 0 Å². The Kier molecular flexibility index (Phi) is 5.45. The van der Waals surface area contributed by atoms with Crippen molar-refractivity contribution in [1.82, 2.24) is 25.3 Å². The van der Waals surface area contributed by atoms with Gasteiger partial charge in [0.15, 0.2) is 0 Å². The van der Waals surface area contributed by atoms with Crippen molar-refractivity contribution in [3.8, 4) is 0 Å². The van der Waals surface area contributed by atoms with Gasteiger partial charge in [-0.1, -0.05) is 5.10 Å². The molecular weight excluding hydrogens is 260 g/mol. The zero-order chi connectivity index (χ0) is 14.4. The minimum absolute atomic E-state index is 0.142. The van der Waals surface area contributed by atoms with E-state index in [9.17, 15) is 4.79 Å². The number of aromatic nitrogens is 2. The molecule has 20 heavy (non-hydrogen) atoms. The number of aryl methyl sites for hydroxylation is 1. The summed E-state index contributed by atoms with van der Waals surface area (Å²) in [4.78, 5) is 16.2. The monoisotopic (exact) mass is 282 g/mol. The van der Waals surface area contributed by atoms with E-state index in [0.717, 1.165) is 39.3 Å². The van der Waals surface area contributed by atoms with Gasteiger partial charge < -0.3 is 9.73 Å². The van der Waals surface area contributed by atoms with Crippen molar-refractivity contribution in [3.63, 3.8) is 0 Å². The first kappa shape index (κ1) is 14.9. The lowest BCUT2D eigenvalue weighted by molar-refractivity contribution is -0.117. The Balaban J connectivity index is 1.65. The normalized spacial score (nSPS) is 16.6. The van der Waals surface area contributed by atoms with Crippen LogP contribution in [-0.2, 0) is 4.79 Å². The van der Waals surface area contributed by atoms with E-state index >= 15 is 0 Å². The lowest BCUT2D eigenvalue weighted by Gasteiger charge is -2.28. The Morgan fingerprint density at radius 1 is 1.45 bits per heavy atom. The number of nitrogens with one attached hydrogen (secondary N) is 2. The molecule has 1 amide bonds. The molecule has 0 radical (unpaired) electrons. The van der Waals surface area contributed by atoms with Crippen molar-refractivity contribution < 1.29 is 9.21 Å². The lowest BCUT2D eigenvalue weighted by Crippen LogP contribution is -2.46. The van der Waals surface area contributed by atoms with Crippen LogP contribution in [0.25, 0.3) is 0 Å². The highest BCUT2D eigenvalue weighted by Gasteiger charge is 2.13. The van der Waals surface area contributed by atoms with Crippen LogP contribution in [0, 0.1) is 6.92 Å². The van der Waals surface area contributed by atoms with Crippen molar-refractivity contribution in [3.05, 3.63) is 5.89 Å². The summed E-state index contributed by atoms with van der Waals surface area (Å²) in [6.45, 7) is 8.06. The average Bonchev–Trinajstić information content (AvgIpc) is 2.83. The first-order chi connectivity index (χ1) is 9.63. The molecule has 1 aromatic rings. The van der Waals surface area contributed by atoms with Gasteiger partial charge >= 0.3 is 6.01 Å². The van der Waals surface area contributed by atoms with Crippen LogP contribution in [0.15, 0.2) is 4.42 Å². The van der Waals surface area contributed by atoms with E-state index in [1.807, 2.05) is 11.9 Å². The van der Waals surface area contributed by atoms with Crippen molar-refractivity contribution in [1.29, 1.82) is 0 Å². The number of hydrogen-bond donors (Lipinski definition) is 2. The molecule has 0 aromatic carbocycles. The SMILES string of the molecule is Cc1nnc(NC(=O)CN(C)CCN2CCNCC2)o1. The fourth-order valence-electron chi connectivity index (χ4n) is 2.08. The van der Waals surface area contributed by atoms with Crippen LogP contribution >= 0.6 is 0 Å². The highest BCUT2D eigenvalue weighted by molar-refractivity contribution is 5.90. The van der Waals surface area contributed by atoms with Crippen LogP contribution in [0.1, 0.15) is 5.89 Å². The third kappa shape index (κ3) is 4.87. The topological polar surface area (TPSA) is 86.5 Å². The van der Waals surface area contributed by atoms with E-state index in [1.165, 1.54) is 0 Å². The summed E-state index contributed by atoms with van der Waals surface area (Å²) in [6.07, 6.45) is 0. The number of nitrogens with zero attached hydrogens (tertiary/aromatic N) is 4. The fourth-order valence-corrected chi connectivity index (χ4v) is 2.08. The van der Waals surface area contributed by atoms with Gasteiger partial charge in [-0.15, -0.1) is 5.10 Å². The number of anilines is 1. The molecule has 1 fully saturated rings. The number of piperazine rings is 1. The van der Waals surface area contributed by atoms with Gasteiger partial charge in [0.1, 0.15) is 0 Å². The predicted octanol–water partition coefficient (Wildman–Crippen LogP) is -0.846. The molecule has 1 aromatic heterocycles. The second-order valence-corrected chi connectivity index (χ2v) is 5.00. The van der Waals surface area contributed by atoms with Gasteiger partial charge in [-0.25, -0.2) is 0 Å². The third-order valence-electron chi connectivity index (χ3n) is 3.19. The molecule has 0 unspecified atom stereocenters. The van der Waals surface area contributed by atoms with E-state index in [0.29, 0.717) is 12.4 Å². The summed E-state index contributed by atoms with van der Waals surface area (Å²) in [6, 6.07) is 0.156. The molecule has 1 saturated heterocycles. The van der Waals surface area contributed by atoms with E-state index in [4.69, 9.17) is 4.42 Å². The summed E-state index contributed by atoms with van der Waals surface area (Å²) in [5, 5.41) is 13.3. The zero-order valence-electron chi connectivity index (χ0n) is 12.1. The Labute approximate surface area is 118 Å². The summed E-state index contributed by atoms with van der Waals surface area (Å²) >= 11 is 0. The smallest absolute Gasteiger partial charge is 0.322 e. The van der Waals surface area contributed by atoms with Crippen LogP contribution in [0.3, 0.4) is 0 Å². The van der Waals surface area contributed by atoms with Crippen molar-refractivity contribution >= 4 is 11.9 Å². The van der Waals surface area contributed by atoms with Crippen LogP contribution in [0.5, 0.6) is 0 Å². The first-order valence-electron chi connectivity index (χ1n) is 6.85. The summed E-state index contributed by atoms with van der Waals surface area (Å²) in [5.41, 5.74) is 0. The van der Waals surface area contributed by atoms with Crippen LogP contribution in [0.4, 0.5) is 6.01 Å². The molecule has 0 bridgehead atoms. The van der Waals surface area contributed by atoms with Gasteiger partial charge in [-0.05, 0) is 7.05 Å². The fraction of sp³-hybridized carbons (Fsp3) is 0.750. The van der Waals surface area contributed by atoms with Gasteiger partial charge in [-0.2, -0.15) is 0 Å². The molecule has 1 aliphatic rings. The summed E-state index contributed by atoms with van der Waals surface area (Å²) < 4.78 is 5.10. The minimum atomic E-state index is -0.142. The molecule has 0 spiro atoms. The van der Waals surface area contributed by atoms with Gasteiger partial charge in [-0.3, -0.25) is 19.9 Å². The maximum absolute atomic E-state index is 11.8. The second kappa shape index (κ2) is 7.32. The van der Waals surface area contributed by atoms with Crippen molar-refractivity contribution in [2.75, 3.05) is 58.2 Å². The Hall–Kier alpha value is -1.51. The second-order valence-electron chi connectivity index (χ2n) is 5.00. The van der Waals surface area contributed by atoms with Gasteiger partial charge in [0.2, 0.25) is 11.8 Å². The quantitative estimate of drug-likeness (QED) is 0.703. The van der Waals surface area contributed by atoms with E-state index in [2.05, 4.69) is 25.7 Å². The molecule has 8 heteroatoms. The molecule has 1 aliphatic heterocycles. The van der Waals surface area contributed by atoms with Crippen LogP contribution in [-0.4, -0.2) is 78.8 Å². The number of carbonyl (C=O) groups is 1. The number of rotatable bonds is 6. The third-order valence-corrected chi connectivity index (χ3v) is 3.19. The highest BCUT2D eigenvalue weighted by atomic mass is 16.4. The van der Waals surface area contributed by atoms with E-state index in [1.54, 1.807) is 6.92 Å². The molecule has 0 aliphatic carbocycles. The molecule has 0 saturated carbocycles. The van der Waals surface area contributed by atoms with Gasteiger partial charge in [0, 0.05) is 46.2 Å². The molecule has 2 N–H and O–H groups in total.